The number of carbonyl (C=O) groups excluding carboxylic acids is 1. The lowest BCUT2D eigenvalue weighted by Crippen LogP contribution is -2.15. The van der Waals surface area contributed by atoms with Crippen molar-refractivity contribution in [3.8, 4) is 6.07 Å². The van der Waals surface area contributed by atoms with Gasteiger partial charge in [0, 0.05) is 12.3 Å². The molecule has 5 nitrogen and oxygen atoms in total. The Hall–Kier alpha value is -2.06. The zero-order chi connectivity index (χ0) is 14.5. The van der Waals surface area contributed by atoms with E-state index in [1.165, 1.54) is 0 Å². The molecule has 6 heteroatoms. The van der Waals surface area contributed by atoms with E-state index < -0.39 is 0 Å². The minimum atomic E-state index is -0.329. The van der Waals surface area contributed by atoms with Crippen molar-refractivity contribution < 1.29 is 9.53 Å². The molecular formula is C14H14ClN3O2. The van der Waals surface area contributed by atoms with Crippen LogP contribution >= 0.6 is 11.6 Å². The third-order valence-electron chi connectivity index (χ3n) is 2.89. The summed E-state index contributed by atoms with van der Waals surface area (Å²) in [5.74, 6) is 0.754. The van der Waals surface area contributed by atoms with Crippen molar-refractivity contribution in [3.05, 3.63) is 29.6 Å². The number of benzene rings is 1. The maximum Gasteiger partial charge on any atom is 0.326 e. The van der Waals surface area contributed by atoms with Crippen LogP contribution in [-0.2, 0) is 22.5 Å². The lowest BCUT2D eigenvalue weighted by Gasteiger charge is -2.07. The van der Waals surface area contributed by atoms with Crippen LogP contribution in [0.25, 0.3) is 11.0 Å². The molecule has 0 aliphatic rings. The molecular weight excluding hydrogens is 278 g/mol. The largest absolute Gasteiger partial charge is 0.465 e. The molecule has 0 unspecified atom stereocenters. The number of nitriles is 1. The molecule has 0 aliphatic carbocycles. The molecule has 0 N–H and O–H groups in total. The first kappa shape index (κ1) is 14.4. The number of esters is 1. The van der Waals surface area contributed by atoms with Crippen LogP contribution in [0.3, 0.4) is 0 Å². The Morgan fingerprint density at radius 1 is 1.55 bits per heavy atom. The van der Waals surface area contributed by atoms with Crippen LogP contribution in [-0.4, -0.2) is 28.0 Å². The maximum absolute atomic E-state index is 11.7. The van der Waals surface area contributed by atoms with Crippen molar-refractivity contribution in [2.45, 2.75) is 19.9 Å². The number of aryl methyl sites for hydroxylation is 1. The number of fused-ring (bicyclic) bond motifs is 1. The van der Waals surface area contributed by atoms with E-state index in [0.29, 0.717) is 35.8 Å². The maximum atomic E-state index is 11.7. The summed E-state index contributed by atoms with van der Waals surface area (Å²) in [7, 11) is 0. The van der Waals surface area contributed by atoms with Gasteiger partial charge in [0.2, 0.25) is 0 Å². The smallest absolute Gasteiger partial charge is 0.326 e. The zero-order valence-electron chi connectivity index (χ0n) is 11.1. The summed E-state index contributed by atoms with van der Waals surface area (Å²) >= 11 is 5.77. The molecule has 1 aromatic heterocycles. The Morgan fingerprint density at radius 2 is 2.35 bits per heavy atom. The number of ether oxygens (including phenoxy) is 1. The summed E-state index contributed by atoms with van der Waals surface area (Å²) in [6.45, 7) is 2.17. The van der Waals surface area contributed by atoms with E-state index in [4.69, 9.17) is 21.6 Å². The number of imidazole rings is 1. The van der Waals surface area contributed by atoms with Gasteiger partial charge in [-0.1, -0.05) is 6.07 Å². The fraction of sp³-hybridized carbons (Fsp3) is 0.357. The Labute approximate surface area is 121 Å². The van der Waals surface area contributed by atoms with Gasteiger partial charge in [0.1, 0.15) is 24.0 Å². The number of hydrogen-bond acceptors (Lipinski definition) is 4. The van der Waals surface area contributed by atoms with Crippen molar-refractivity contribution in [2.75, 3.05) is 12.5 Å². The molecule has 104 valence electrons. The first-order valence-electron chi connectivity index (χ1n) is 6.31. The van der Waals surface area contributed by atoms with Gasteiger partial charge in [-0.3, -0.25) is 4.79 Å². The van der Waals surface area contributed by atoms with E-state index in [0.717, 1.165) is 5.52 Å². The molecule has 0 aliphatic heterocycles. The predicted octanol–water partition coefficient (Wildman–Crippen LogP) is 2.25. The summed E-state index contributed by atoms with van der Waals surface area (Å²) in [4.78, 5) is 16.1. The van der Waals surface area contributed by atoms with Crippen LogP contribution in [0.4, 0.5) is 0 Å². The molecule has 0 saturated carbocycles. The standard InChI is InChI=1S/C14H14ClN3O2/c1-2-20-13(19)9-18-11-5-3-4-10(8-16)14(11)17-12(18)6-7-15/h3-5H,2,6-7,9H2,1H3. The molecule has 0 saturated heterocycles. The molecule has 2 rings (SSSR count). The van der Waals surface area contributed by atoms with Crippen molar-refractivity contribution in [2.24, 2.45) is 0 Å². The van der Waals surface area contributed by atoms with Crippen LogP contribution in [0.2, 0.25) is 0 Å². The van der Waals surface area contributed by atoms with E-state index >= 15 is 0 Å². The normalized spacial score (nSPS) is 10.4. The molecule has 0 spiro atoms. The van der Waals surface area contributed by atoms with Crippen LogP contribution in [0.5, 0.6) is 0 Å². The van der Waals surface area contributed by atoms with E-state index in [2.05, 4.69) is 11.1 Å². The summed E-state index contributed by atoms with van der Waals surface area (Å²) in [5.41, 5.74) is 1.83. The second-order valence-electron chi connectivity index (χ2n) is 4.14. The van der Waals surface area contributed by atoms with Gasteiger partial charge in [-0.05, 0) is 19.1 Å². The minimum Gasteiger partial charge on any atom is -0.465 e. The van der Waals surface area contributed by atoms with Crippen LogP contribution in [0.15, 0.2) is 18.2 Å². The number of alkyl halides is 1. The monoisotopic (exact) mass is 291 g/mol. The highest BCUT2D eigenvalue weighted by Gasteiger charge is 2.15. The third kappa shape index (κ3) is 2.75. The highest BCUT2D eigenvalue weighted by molar-refractivity contribution is 6.17. The average molecular weight is 292 g/mol. The van der Waals surface area contributed by atoms with Crippen molar-refractivity contribution >= 4 is 28.6 Å². The van der Waals surface area contributed by atoms with Gasteiger partial charge < -0.3 is 9.30 Å². The molecule has 0 fully saturated rings. The van der Waals surface area contributed by atoms with Crippen LogP contribution in [0.1, 0.15) is 18.3 Å². The van der Waals surface area contributed by atoms with Gasteiger partial charge in [-0.2, -0.15) is 5.26 Å². The molecule has 20 heavy (non-hydrogen) atoms. The summed E-state index contributed by atoms with van der Waals surface area (Å²) in [5, 5.41) is 9.11. The van der Waals surface area contributed by atoms with Gasteiger partial charge in [0.25, 0.3) is 0 Å². The highest BCUT2D eigenvalue weighted by atomic mass is 35.5. The van der Waals surface area contributed by atoms with Gasteiger partial charge in [-0.15, -0.1) is 11.6 Å². The molecule has 0 radical (unpaired) electrons. The van der Waals surface area contributed by atoms with Gasteiger partial charge in [-0.25, -0.2) is 4.98 Å². The zero-order valence-corrected chi connectivity index (χ0v) is 11.9. The molecule has 1 heterocycles. The number of para-hydroxylation sites is 1. The van der Waals surface area contributed by atoms with Crippen LogP contribution in [0, 0.1) is 11.3 Å². The topological polar surface area (TPSA) is 67.9 Å². The fourth-order valence-electron chi connectivity index (χ4n) is 2.07. The summed E-state index contributed by atoms with van der Waals surface area (Å²) < 4.78 is 6.73. The molecule has 2 aromatic rings. The van der Waals surface area contributed by atoms with E-state index in [9.17, 15) is 4.79 Å². The Bertz CT molecular complexity index is 673. The SMILES string of the molecule is CCOC(=O)Cn1c(CCCl)nc2c(C#N)cccc21. The van der Waals surface area contributed by atoms with Gasteiger partial charge in [0.15, 0.2) is 0 Å². The average Bonchev–Trinajstić information content (AvgIpc) is 2.77. The number of aromatic nitrogens is 2. The second-order valence-corrected chi connectivity index (χ2v) is 4.52. The Kier molecular flexibility index (Phi) is 4.59. The number of hydrogen-bond donors (Lipinski definition) is 0. The van der Waals surface area contributed by atoms with E-state index in [-0.39, 0.29) is 12.5 Å². The molecule has 0 amide bonds. The van der Waals surface area contributed by atoms with Crippen LogP contribution < -0.4 is 0 Å². The second kappa shape index (κ2) is 6.40. The number of nitrogens with zero attached hydrogens (tertiary/aromatic N) is 3. The molecule has 0 atom stereocenters. The molecule has 1 aromatic carbocycles. The summed E-state index contributed by atoms with van der Waals surface area (Å²) in [6.07, 6.45) is 0.528. The van der Waals surface area contributed by atoms with E-state index in [1.807, 2.05) is 6.07 Å². The van der Waals surface area contributed by atoms with Crippen molar-refractivity contribution in [3.63, 3.8) is 0 Å². The van der Waals surface area contributed by atoms with Gasteiger partial charge >= 0.3 is 5.97 Å². The quantitative estimate of drug-likeness (QED) is 0.626. The Morgan fingerprint density at radius 3 is 3.00 bits per heavy atom. The van der Waals surface area contributed by atoms with E-state index in [1.54, 1.807) is 23.6 Å². The molecule has 0 bridgehead atoms. The first-order valence-corrected chi connectivity index (χ1v) is 6.84. The predicted molar refractivity (Wildman–Crippen MR) is 75.5 cm³/mol. The lowest BCUT2D eigenvalue weighted by atomic mass is 10.2. The summed E-state index contributed by atoms with van der Waals surface area (Å²) in [6, 6.07) is 7.41. The van der Waals surface area contributed by atoms with Crippen molar-refractivity contribution in [1.29, 1.82) is 5.26 Å². The number of carbonyl (C=O) groups is 1. The third-order valence-corrected chi connectivity index (χ3v) is 3.08. The first-order chi connectivity index (χ1) is 9.71. The fourth-order valence-corrected chi connectivity index (χ4v) is 2.24. The highest BCUT2D eigenvalue weighted by Crippen LogP contribution is 2.20. The number of halogens is 1. The minimum absolute atomic E-state index is 0.0748. The number of rotatable bonds is 5. The lowest BCUT2D eigenvalue weighted by molar-refractivity contribution is -0.143. The van der Waals surface area contributed by atoms with Crippen molar-refractivity contribution in [1.82, 2.24) is 9.55 Å². The van der Waals surface area contributed by atoms with Gasteiger partial charge in [0.05, 0.1) is 17.7 Å². The Balaban J connectivity index is 2.52.